The van der Waals surface area contributed by atoms with Crippen LogP contribution in [0, 0.1) is 19.3 Å². The van der Waals surface area contributed by atoms with Gasteiger partial charge in [-0.1, -0.05) is 20.8 Å². The highest BCUT2D eigenvalue weighted by atomic mass is 32.1. The van der Waals surface area contributed by atoms with Gasteiger partial charge in [-0.2, -0.15) is 0 Å². The fraction of sp³-hybridized carbons (Fsp3) is 0.733. The molecule has 1 aromatic rings. The lowest BCUT2D eigenvalue weighted by Gasteiger charge is -2.19. The van der Waals surface area contributed by atoms with Crippen LogP contribution in [0.2, 0.25) is 0 Å². The molecule has 0 spiro atoms. The van der Waals surface area contributed by atoms with Crippen molar-refractivity contribution in [3.63, 3.8) is 0 Å². The number of hydrogen-bond donors (Lipinski definition) is 1. The minimum atomic E-state index is 0.458. The van der Waals surface area contributed by atoms with E-state index in [2.05, 4.69) is 52.9 Å². The van der Waals surface area contributed by atoms with Gasteiger partial charge in [-0.05, 0) is 57.2 Å². The van der Waals surface area contributed by atoms with E-state index in [4.69, 9.17) is 0 Å². The van der Waals surface area contributed by atoms with Gasteiger partial charge in [-0.15, -0.1) is 11.3 Å². The van der Waals surface area contributed by atoms with Gasteiger partial charge >= 0.3 is 0 Å². The average Bonchev–Trinajstić information content (AvgIpc) is 2.51. The summed E-state index contributed by atoms with van der Waals surface area (Å²) in [6.45, 7) is 14.7. The predicted molar refractivity (Wildman–Crippen MR) is 78.9 cm³/mol. The fourth-order valence-electron chi connectivity index (χ4n) is 2.13. The standard InChI is InChI=1S/C15H27NS/c1-11-10-14(13(3)17-11)12(2)16-9-7-8-15(4,5)6/h10,12,16H,7-9H2,1-6H3. The average molecular weight is 253 g/mol. The zero-order valence-electron chi connectivity index (χ0n) is 12.2. The summed E-state index contributed by atoms with van der Waals surface area (Å²) in [5.41, 5.74) is 1.93. The van der Waals surface area contributed by atoms with Crippen molar-refractivity contribution in [1.82, 2.24) is 5.32 Å². The van der Waals surface area contributed by atoms with Crippen molar-refractivity contribution in [2.75, 3.05) is 6.54 Å². The van der Waals surface area contributed by atoms with Gasteiger partial charge in [0.2, 0.25) is 0 Å². The van der Waals surface area contributed by atoms with Gasteiger partial charge in [0.05, 0.1) is 0 Å². The van der Waals surface area contributed by atoms with E-state index in [9.17, 15) is 0 Å². The predicted octanol–water partition coefficient (Wildman–Crippen LogP) is 4.84. The number of nitrogens with one attached hydrogen (secondary N) is 1. The van der Waals surface area contributed by atoms with Crippen LogP contribution in [0.1, 0.15) is 61.9 Å². The summed E-state index contributed by atoms with van der Waals surface area (Å²) < 4.78 is 0. The maximum atomic E-state index is 3.63. The van der Waals surface area contributed by atoms with Crippen molar-refractivity contribution in [1.29, 1.82) is 0 Å². The Hall–Kier alpha value is -0.340. The number of thiophene rings is 1. The molecule has 1 aromatic heterocycles. The Bertz CT molecular complexity index is 346. The van der Waals surface area contributed by atoms with Crippen molar-refractivity contribution in [2.24, 2.45) is 5.41 Å². The maximum Gasteiger partial charge on any atom is 0.0302 e. The number of rotatable bonds is 5. The molecule has 0 amide bonds. The Labute approximate surface area is 111 Å². The van der Waals surface area contributed by atoms with Crippen LogP contribution in [0.15, 0.2) is 6.07 Å². The van der Waals surface area contributed by atoms with E-state index in [1.807, 2.05) is 11.3 Å². The lowest BCUT2D eigenvalue weighted by Crippen LogP contribution is -2.21. The SMILES string of the molecule is Cc1cc(C(C)NCCCC(C)(C)C)c(C)s1. The Morgan fingerprint density at radius 2 is 1.94 bits per heavy atom. The highest BCUT2D eigenvalue weighted by Crippen LogP contribution is 2.26. The third-order valence-electron chi connectivity index (χ3n) is 3.10. The Balaban J connectivity index is 2.35. The van der Waals surface area contributed by atoms with Crippen molar-refractivity contribution < 1.29 is 0 Å². The molecule has 0 saturated carbocycles. The molecule has 0 saturated heterocycles. The fourth-order valence-corrected chi connectivity index (χ4v) is 3.15. The molecule has 0 fully saturated rings. The molecule has 98 valence electrons. The van der Waals surface area contributed by atoms with Gasteiger partial charge in [0.1, 0.15) is 0 Å². The molecule has 0 aliphatic rings. The second-order valence-electron chi connectivity index (χ2n) is 6.21. The Morgan fingerprint density at radius 3 is 2.41 bits per heavy atom. The first kappa shape index (κ1) is 14.7. The Morgan fingerprint density at radius 1 is 1.29 bits per heavy atom. The molecular formula is C15H27NS. The van der Waals surface area contributed by atoms with Crippen molar-refractivity contribution >= 4 is 11.3 Å². The van der Waals surface area contributed by atoms with Crippen LogP contribution >= 0.6 is 11.3 Å². The van der Waals surface area contributed by atoms with Crippen LogP contribution in [0.4, 0.5) is 0 Å². The molecule has 0 aromatic carbocycles. The van der Waals surface area contributed by atoms with Crippen LogP contribution in [0.3, 0.4) is 0 Å². The Kier molecular flexibility index (Phi) is 5.21. The maximum absolute atomic E-state index is 3.63. The van der Waals surface area contributed by atoms with E-state index in [1.165, 1.54) is 28.2 Å². The second-order valence-corrected chi connectivity index (χ2v) is 7.67. The van der Waals surface area contributed by atoms with E-state index < -0.39 is 0 Å². The van der Waals surface area contributed by atoms with Crippen LogP contribution in [0.25, 0.3) is 0 Å². The van der Waals surface area contributed by atoms with Crippen LogP contribution in [-0.2, 0) is 0 Å². The second kappa shape index (κ2) is 6.01. The summed E-state index contributed by atoms with van der Waals surface area (Å²) >= 11 is 1.90. The third-order valence-corrected chi connectivity index (χ3v) is 4.08. The first-order chi connectivity index (χ1) is 7.79. The van der Waals surface area contributed by atoms with Gasteiger partial charge < -0.3 is 5.32 Å². The van der Waals surface area contributed by atoms with E-state index in [-0.39, 0.29) is 0 Å². The molecular weight excluding hydrogens is 226 g/mol. The third kappa shape index (κ3) is 5.22. The van der Waals surface area contributed by atoms with Crippen molar-refractivity contribution in [3.8, 4) is 0 Å². The van der Waals surface area contributed by atoms with E-state index in [0.717, 1.165) is 6.54 Å². The molecule has 1 N–H and O–H groups in total. The smallest absolute Gasteiger partial charge is 0.0302 e. The largest absolute Gasteiger partial charge is 0.310 e. The highest BCUT2D eigenvalue weighted by Gasteiger charge is 2.12. The molecule has 2 heteroatoms. The molecule has 1 rings (SSSR count). The first-order valence-corrected chi connectivity index (χ1v) is 7.41. The molecule has 0 radical (unpaired) electrons. The van der Waals surface area contributed by atoms with Gasteiger partial charge in [-0.25, -0.2) is 0 Å². The molecule has 0 aliphatic carbocycles. The topological polar surface area (TPSA) is 12.0 Å². The molecule has 1 nitrogen and oxygen atoms in total. The molecule has 0 aliphatic heterocycles. The normalized spacial score (nSPS) is 14.0. The quantitative estimate of drug-likeness (QED) is 0.740. The van der Waals surface area contributed by atoms with Gasteiger partial charge in [0.15, 0.2) is 0 Å². The molecule has 1 unspecified atom stereocenters. The summed E-state index contributed by atoms with van der Waals surface area (Å²) in [5, 5.41) is 3.63. The molecule has 1 atom stereocenters. The summed E-state index contributed by atoms with van der Waals surface area (Å²) in [7, 11) is 0. The molecule has 17 heavy (non-hydrogen) atoms. The summed E-state index contributed by atoms with van der Waals surface area (Å²) in [5.74, 6) is 0. The monoisotopic (exact) mass is 253 g/mol. The lowest BCUT2D eigenvalue weighted by atomic mass is 9.90. The van der Waals surface area contributed by atoms with Crippen molar-refractivity contribution in [2.45, 2.75) is 60.4 Å². The van der Waals surface area contributed by atoms with E-state index >= 15 is 0 Å². The minimum Gasteiger partial charge on any atom is -0.310 e. The summed E-state index contributed by atoms with van der Waals surface area (Å²) in [4.78, 5) is 2.87. The lowest BCUT2D eigenvalue weighted by molar-refractivity contribution is 0.357. The zero-order valence-corrected chi connectivity index (χ0v) is 13.0. The number of hydrogen-bond acceptors (Lipinski definition) is 2. The van der Waals surface area contributed by atoms with Gasteiger partial charge in [-0.3, -0.25) is 0 Å². The first-order valence-electron chi connectivity index (χ1n) is 6.60. The summed E-state index contributed by atoms with van der Waals surface area (Å²) in [6.07, 6.45) is 2.55. The van der Waals surface area contributed by atoms with Crippen LogP contribution < -0.4 is 5.32 Å². The van der Waals surface area contributed by atoms with Crippen LogP contribution in [0.5, 0.6) is 0 Å². The molecule has 0 bridgehead atoms. The highest BCUT2D eigenvalue weighted by molar-refractivity contribution is 7.12. The summed E-state index contributed by atoms with van der Waals surface area (Å²) in [6, 6.07) is 2.81. The minimum absolute atomic E-state index is 0.458. The zero-order chi connectivity index (χ0) is 13.1. The van der Waals surface area contributed by atoms with E-state index in [1.54, 1.807) is 0 Å². The number of aryl methyl sites for hydroxylation is 2. The van der Waals surface area contributed by atoms with Gasteiger partial charge in [0.25, 0.3) is 0 Å². The molecule has 1 heterocycles. The van der Waals surface area contributed by atoms with Gasteiger partial charge in [0, 0.05) is 15.8 Å². The van der Waals surface area contributed by atoms with Crippen molar-refractivity contribution in [3.05, 3.63) is 21.4 Å². The van der Waals surface area contributed by atoms with E-state index in [0.29, 0.717) is 11.5 Å². The van der Waals surface area contributed by atoms with Crippen LogP contribution in [-0.4, -0.2) is 6.54 Å².